The van der Waals surface area contributed by atoms with Crippen LogP contribution in [0.3, 0.4) is 0 Å². The minimum Gasteiger partial charge on any atom is -0.806 e. The van der Waals surface area contributed by atoms with Gasteiger partial charge in [-0.1, -0.05) is 0 Å². The molecule has 2 rings (SSSR count). The Labute approximate surface area is 168 Å². The molecule has 0 saturated carbocycles. The quantitative estimate of drug-likeness (QED) is 0.340. The van der Waals surface area contributed by atoms with Gasteiger partial charge in [0.2, 0.25) is 7.60 Å². The first kappa shape index (κ1) is 25.3. The normalized spacial score (nSPS) is 24.4. The number of nitrogens with one attached hydrogen (secondary N) is 1. The average Bonchev–Trinajstić information content (AvgIpc) is 3.03. The lowest BCUT2D eigenvalue weighted by molar-refractivity contribution is -0.331. The number of aromatic amines is 1. The SMILES string of the molecule is [B-]P(=O)(OCC1CCC(n2cc(C)c(=O)[nH]c2=O)O1)OP(=O)([O-])C(F)(F)P(=O)([O-])[O-]. The lowest BCUT2D eigenvalue weighted by atomic mass is 10.2. The maximum absolute atomic E-state index is 13.2. The number of H-pyrrole nitrogens is 1. The number of aryl methyl sites for hydroxylation is 1. The van der Waals surface area contributed by atoms with Crippen molar-refractivity contribution in [3.05, 3.63) is 32.6 Å². The van der Waals surface area contributed by atoms with Gasteiger partial charge in [-0.25, -0.2) is 4.79 Å². The Morgan fingerprint density at radius 1 is 1.30 bits per heavy atom. The Morgan fingerprint density at radius 2 is 1.90 bits per heavy atom. The molecule has 169 valence electrons. The van der Waals surface area contributed by atoms with Gasteiger partial charge in [0.15, 0.2) is 0 Å². The molecule has 0 bridgehead atoms. The summed E-state index contributed by atoms with van der Waals surface area (Å²) in [5.41, 5.74) is -1.17. The molecule has 4 unspecified atom stereocenters. The van der Waals surface area contributed by atoms with Crippen LogP contribution in [0.15, 0.2) is 15.8 Å². The van der Waals surface area contributed by atoms with E-state index in [9.17, 15) is 46.7 Å². The second kappa shape index (κ2) is 8.53. The van der Waals surface area contributed by atoms with Crippen molar-refractivity contribution in [2.45, 2.75) is 37.5 Å². The number of nitrogens with zero attached hydrogens (tertiary/aromatic N) is 1. The molecule has 3 radical (unpaired) electrons. The van der Waals surface area contributed by atoms with E-state index in [1.165, 1.54) is 13.1 Å². The van der Waals surface area contributed by atoms with Crippen molar-refractivity contribution in [2.75, 3.05) is 6.61 Å². The van der Waals surface area contributed by atoms with E-state index in [-0.39, 0.29) is 18.4 Å². The summed E-state index contributed by atoms with van der Waals surface area (Å²) in [4.78, 5) is 57.4. The molecule has 2 heterocycles. The highest BCUT2D eigenvalue weighted by Crippen LogP contribution is 2.72. The Bertz CT molecular complexity index is 1070. The summed E-state index contributed by atoms with van der Waals surface area (Å²) >= 11 is 0. The van der Waals surface area contributed by atoms with E-state index in [2.05, 4.69) is 13.8 Å². The van der Waals surface area contributed by atoms with Crippen LogP contribution in [0, 0.1) is 6.92 Å². The minimum absolute atomic E-state index is 0.150. The zero-order valence-electron chi connectivity index (χ0n) is 15.0. The predicted octanol–water partition coefficient (Wildman–Crippen LogP) is -1.15. The number of rotatable bonds is 8. The first-order valence-corrected chi connectivity index (χ1v) is 12.6. The van der Waals surface area contributed by atoms with Gasteiger partial charge < -0.3 is 45.2 Å². The second-order valence-electron chi connectivity index (χ2n) is 6.19. The van der Waals surface area contributed by atoms with Crippen molar-refractivity contribution in [2.24, 2.45) is 0 Å². The van der Waals surface area contributed by atoms with Gasteiger partial charge in [0.25, 0.3) is 5.56 Å². The van der Waals surface area contributed by atoms with E-state index < -0.39 is 58.3 Å². The van der Waals surface area contributed by atoms with Gasteiger partial charge >= 0.3 is 11.1 Å². The number of aromatic nitrogens is 2. The van der Waals surface area contributed by atoms with Crippen molar-refractivity contribution < 1.29 is 50.7 Å². The Morgan fingerprint density at radius 3 is 2.47 bits per heavy atom. The zero-order chi connectivity index (χ0) is 23.1. The third-order valence-electron chi connectivity index (χ3n) is 3.86. The molecule has 1 fully saturated rings. The standard InChI is InChI=1S/C11H16BF2N2O11P3/c1-6-4-16(10(18)15-9(6)17)8-3-2-7(26-8)5-25-30(12,24)27-29(22,23)11(13,14)28(19,20)21/h4,7-8H,2-3,5H2,1H3,(H,22,23)(H,15,17,18)(H2,19,20,21)/q-1/p-3. The van der Waals surface area contributed by atoms with Crippen LogP contribution in [0.4, 0.5) is 8.78 Å². The van der Waals surface area contributed by atoms with Gasteiger partial charge in [0, 0.05) is 19.4 Å². The van der Waals surface area contributed by atoms with Gasteiger partial charge in [-0.3, -0.25) is 18.7 Å². The van der Waals surface area contributed by atoms with Crippen LogP contribution >= 0.6 is 22.7 Å². The molecule has 0 aliphatic carbocycles. The van der Waals surface area contributed by atoms with Gasteiger partial charge in [-0.05, 0) is 19.8 Å². The van der Waals surface area contributed by atoms with Crippen molar-refractivity contribution in [1.82, 2.24) is 9.55 Å². The van der Waals surface area contributed by atoms with Gasteiger partial charge in [0.1, 0.15) is 6.23 Å². The number of ether oxygens (including phenoxy) is 1. The highest BCUT2D eigenvalue weighted by molar-refractivity contribution is 7.85. The summed E-state index contributed by atoms with van der Waals surface area (Å²) in [6.07, 6.45) is -0.265. The second-order valence-corrected chi connectivity index (χ2v) is 11.6. The summed E-state index contributed by atoms with van der Waals surface area (Å²) < 4.78 is 74.4. The third-order valence-corrected chi connectivity index (χ3v) is 8.93. The third kappa shape index (κ3) is 5.45. The first-order valence-electron chi connectivity index (χ1n) is 7.90. The van der Waals surface area contributed by atoms with Crippen LogP contribution < -0.4 is 25.9 Å². The molecule has 13 nitrogen and oxygen atoms in total. The maximum atomic E-state index is 13.2. The van der Waals surface area contributed by atoms with Crippen LogP contribution in [-0.2, 0) is 27.3 Å². The van der Waals surface area contributed by atoms with Crippen LogP contribution in [0.1, 0.15) is 24.6 Å². The van der Waals surface area contributed by atoms with Crippen LogP contribution in [0.25, 0.3) is 0 Å². The zero-order valence-corrected chi connectivity index (χ0v) is 17.6. The molecule has 4 atom stereocenters. The molecule has 1 aromatic rings. The van der Waals surface area contributed by atoms with E-state index in [0.717, 1.165) is 4.57 Å². The summed E-state index contributed by atoms with van der Waals surface area (Å²) in [6, 6.07) is 0. The van der Waals surface area contributed by atoms with Crippen molar-refractivity contribution >= 4 is 30.2 Å². The molecule has 1 aliphatic rings. The summed E-state index contributed by atoms with van der Waals surface area (Å²) in [5.74, 6) is 0. The molecular weight excluding hydrogens is 478 g/mol. The van der Waals surface area contributed by atoms with Gasteiger partial charge in [-0.2, -0.15) is 8.78 Å². The lowest BCUT2D eigenvalue weighted by Gasteiger charge is -2.46. The van der Waals surface area contributed by atoms with Crippen LogP contribution in [-0.4, -0.2) is 35.2 Å². The van der Waals surface area contributed by atoms with Crippen molar-refractivity contribution in [1.29, 1.82) is 0 Å². The topological polar surface area (TPSA) is 203 Å². The minimum atomic E-state index is -7.02. The first-order chi connectivity index (χ1) is 13.5. The number of alkyl halides is 2. The van der Waals surface area contributed by atoms with Gasteiger partial charge in [0.05, 0.1) is 20.2 Å². The number of hydrogen-bond donors (Lipinski definition) is 1. The molecule has 0 amide bonds. The largest absolute Gasteiger partial charge is 0.806 e. The van der Waals surface area contributed by atoms with E-state index >= 15 is 0 Å². The smallest absolute Gasteiger partial charge is 0.332 e. The molecule has 0 spiro atoms. The maximum Gasteiger partial charge on any atom is 0.332 e. The summed E-state index contributed by atoms with van der Waals surface area (Å²) in [6.45, 7) is 0.686. The Hall–Kier alpha value is -0.945. The Kier molecular flexibility index (Phi) is 7.20. The molecule has 30 heavy (non-hydrogen) atoms. The lowest BCUT2D eigenvalue weighted by Crippen LogP contribution is -2.35. The molecule has 19 heteroatoms. The Balaban J connectivity index is 2.02. The summed E-state index contributed by atoms with van der Waals surface area (Å²) in [7, 11) is -14.3. The van der Waals surface area contributed by atoms with Gasteiger partial charge in [-0.15, -0.1) is 0 Å². The van der Waals surface area contributed by atoms with Crippen molar-refractivity contribution in [3.8, 4) is 0 Å². The van der Waals surface area contributed by atoms with Crippen molar-refractivity contribution in [3.63, 3.8) is 0 Å². The predicted molar refractivity (Wildman–Crippen MR) is 89.8 cm³/mol. The molecule has 1 aliphatic heterocycles. The molecule has 1 aromatic heterocycles. The molecule has 0 aromatic carbocycles. The number of hydrogen-bond acceptors (Lipinski definition) is 11. The monoisotopic (exact) mass is 491 g/mol. The molecule has 1 saturated heterocycles. The van der Waals surface area contributed by atoms with E-state index in [1.807, 2.05) is 0 Å². The molecular formula is C11H13BF2N2O11P3-4. The van der Waals surface area contributed by atoms with Crippen LogP contribution in [0.2, 0.25) is 0 Å². The van der Waals surface area contributed by atoms with Crippen LogP contribution in [0.5, 0.6) is 0 Å². The highest BCUT2D eigenvalue weighted by atomic mass is 31.3. The van der Waals surface area contributed by atoms with E-state index in [0.29, 0.717) is 0 Å². The number of halogens is 2. The average molecular weight is 491 g/mol. The summed E-state index contributed by atoms with van der Waals surface area (Å²) in [5, 5.41) is -5.91. The molecule has 1 N–H and O–H groups in total. The van der Waals surface area contributed by atoms with E-state index in [4.69, 9.17) is 12.3 Å². The fourth-order valence-electron chi connectivity index (χ4n) is 2.37. The highest BCUT2D eigenvalue weighted by Gasteiger charge is 2.47. The fraction of sp³-hybridized carbons (Fsp3) is 0.636. The van der Waals surface area contributed by atoms with E-state index in [1.54, 1.807) is 0 Å². The fourth-order valence-corrected chi connectivity index (χ4v) is 6.06.